The Labute approximate surface area is 130 Å². The minimum atomic E-state index is 0.484. The van der Waals surface area contributed by atoms with Gasteiger partial charge < -0.3 is 10.1 Å². The number of nitrogens with one attached hydrogen (secondary N) is 1. The SMILES string of the molecule is CCOc1ccc(C(NC)C2CC3CCC2C3)cc1Br. The number of hydrogen-bond donors (Lipinski definition) is 1. The zero-order valence-corrected chi connectivity index (χ0v) is 13.9. The molecule has 0 saturated heterocycles. The highest BCUT2D eigenvalue weighted by atomic mass is 79.9. The zero-order chi connectivity index (χ0) is 14.1. The molecule has 3 heteroatoms. The van der Waals surface area contributed by atoms with Gasteiger partial charge in [0.25, 0.3) is 0 Å². The molecule has 4 unspecified atom stereocenters. The summed E-state index contributed by atoms with van der Waals surface area (Å²) in [5.74, 6) is 3.68. The Hall–Kier alpha value is -0.540. The maximum Gasteiger partial charge on any atom is 0.133 e. The Balaban J connectivity index is 1.81. The second-order valence-corrected chi connectivity index (χ2v) is 7.08. The molecule has 2 fully saturated rings. The maximum atomic E-state index is 5.61. The second-order valence-electron chi connectivity index (χ2n) is 6.23. The lowest BCUT2D eigenvalue weighted by atomic mass is 9.80. The summed E-state index contributed by atoms with van der Waals surface area (Å²) in [6, 6.07) is 7.04. The van der Waals surface area contributed by atoms with Gasteiger partial charge in [0, 0.05) is 6.04 Å². The van der Waals surface area contributed by atoms with E-state index in [0.29, 0.717) is 12.6 Å². The van der Waals surface area contributed by atoms with Crippen molar-refractivity contribution in [2.45, 2.75) is 38.6 Å². The van der Waals surface area contributed by atoms with Crippen LogP contribution in [0.2, 0.25) is 0 Å². The van der Waals surface area contributed by atoms with E-state index < -0.39 is 0 Å². The van der Waals surface area contributed by atoms with Crippen LogP contribution in [0, 0.1) is 17.8 Å². The minimum absolute atomic E-state index is 0.484. The molecule has 0 aliphatic heterocycles. The predicted molar refractivity (Wildman–Crippen MR) is 86.0 cm³/mol. The Kier molecular flexibility index (Phi) is 4.37. The predicted octanol–water partition coefficient (Wildman–Crippen LogP) is 4.54. The molecule has 2 bridgehead atoms. The molecule has 1 aromatic carbocycles. The van der Waals surface area contributed by atoms with Gasteiger partial charge in [-0.05, 0) is 84.6 Å². The summed E-state index contributed by atoms with van der Waals surface area (Å²) in [5, 5.41) is 3.56. The normalized spacial score (nSPS) is 29.6. The lowest BCUT2D eigenvalue weighted by Crippen LogP contribution is -2.29. The van der Waals surface area contributed by atoms with Crippen LogP contribution in [-0.4, -0.2) is 13.7 Å². The molecule has 1 aromatic rings. The molecule has 4 atom stereocenters. The van der Waals surface area contributed by atoms with Crippen molar-refractivity contribution in [3.63, 3.8) is 0 Å². The lowest BCUT2D eigenvalue weighted by Gasteiger charge is -2.31. The maximum absolute atomic E-state index is 5.61. The van der Waals surface area contributed by atoms with Crippen LogP contribution in [0.15, 0.2) is 22.7 Å². The summed E-state index contributed by atoms with van der Waals surface area (Å²) in [6.07, 6.45) is 5.76. The molecule has 0 heterocycles. The van der Waals surface area contributed by atoms with Gasteiger partial charge in [-0.1, -0.05) is 12.5 Å². The monoisotopic (exact) mass is 337 g/mol. The molecule has 2 aliphatic carbocycles. The second kappa shape index (κ2) is 6.07. The molecule has 0 aromatic heterocycles. The quantitative estimate of drug-likeness (QED) is 0.851. The molecule has 2 saturated carbocycles. The van der Waals surface area contributed by atoms with Gasteiger partial charge in [-0.25, -0.2) is 0 Å². The van der Waals surface area contributed by atoms with Crippen molar-refractivity contribution in [2.24, 2.45) is 17.8 Å². The summed E-state index contributed by atoms with van der Waals surface area (Å²) in [4.78, 5) is 0. The van der Waals surface area contributed by atoms with Gasteiger partial charge in [0.2, 0.25) is 0 Å². The smallest absolute Gasteiger partial charge is 0.133 e. The number of halogens is 1. The first-order valence-electron chi connectivity index (χ1n) is 7.82. The van der Waals surface area contributed by atoms with Crippen LogP contribution in [0.3, 0.4) is 0 Å². The zero-order valence-electron chi connectivity index (χ0n) is 12.4. The molecule has 2 nitrogen and oxygen atoms in total. The molecular formula is C17H24BrNO. The van der Waals surface area contributed by atoms with Gasteiger partial charge in [-0.2, -0.15) is 0 Å². The van der Waals surface area contributed by atoms with Gasteiger partial charge in [0.15, 0.2) is 0 Å². The topological polar surface area (TPSA) is 21.3 Å². The molecule has 0 radical (unpaired) electrons. The molecule has 20 heavy (non-hydrogen) atoms. The highest BCUT2D eigenvalue weighted by Gasteiger charge is 2.43. The molecule has 110 valence electrons. The Morgan fingerprint density at radius 1 is 1.35 bits per heavy atom. The van der Waals surface area contributed by atoms with Crippen LogP contribution in [-0.2, 0) is 0 Å². The van der Waals surface area contributed by atoms with E-state index in [1.165, 1.54) is 31.2 Å². The summed E-state index contributed by atoms with van der Waals surface area (Å²) in [6.45, 7) is 2.73. The number of fused-ring (bicyclic) bond motifs is 2. The van der Waals surface area contributed by atoms with E-state index >= 15 is 0 Å². The third-order valence-electron chi connectivity index (χ3n) is 5.15. The van der Waals surface area contributed by atoms with Crippen LogP contribution in [0.1, 0.15) is 44.2 Å². The highest BCUT2D eigenvalue weighted by Crippen LogP contribution is 2.52. The molecule has 0 amide bonds. The summed E-state index contributed by atoms with van der Waals surface area (Å²) >= 11 is 3.64. The number of rotatable bonds is 5. The lowest BCUT2D eigenvalue weighted by molar-refractivity contribution is 0.259. The van der Waals surface area contributed by atoms with Gasteiger partial charge in [-0.15, -0.1) is 0 Å². The standard InChI is InChI=1S/C17H24BrNO/c1-3-20-16-7-6-13(10-15(16)18)17(19-2)14-9-11-4-5-12(14)8-11/h6-7,10-12,14,17,19H,3-5,8-9H2,1-2H3. The summed E-state index contributed by atoms with van der Waals surface area (Å²) < 4.78 is 6.68. The third-order valence-corrected chi connectivity index (χ3v) is 5.77. The van der Waals surface area contributed by atoms with E-state index in [4.69, 9.17) is 4.74 Å². The fourth-order valence-electron chi connectivity index (χ4n) is 4.31. The van der Waals surface area contributed by atoms with E-state index in [2.05, 4.69) is 46.5 Å². The summed E-state index contributed by atoms with van der Waals surface area (Å²) in [7, 11) is 2.10. The van der Waals surface area contributed by atoms with Crippen LogP contribution in [0.4, 0.5) is 0 Å². The summed E-state index contributed by atoms with van der Waals surface area (Å²) in [5.41, 5.74) is 1.39. The minimum Gasteiger partial charge on any atom is -0.493 e. The van der Waals surface area contributed by atoms with E-state index in [-0.39, 0.29) is 0 Å². The van der Waals surface area contributed by atoms with Crippen molar-refractivity contribution in [3.8, 4) is 5.75 Å². The van der Waals surface area contributed by atoms with Crippen molar-refractivity contribution in [3.05, 3.63) is 28.2 Å². The molecule has 3 rings (SSSR count). The van der Waals surface area contributed by atoms with Gasteiger partial charge in [0.1, 0.15) is 5.75 Å². The number of ether oxygens (including phenoxy) is 1. The van der Waals surface area contributed by atoms with E-state index in [1.807, 2.05) is 6.92 Å². The Bertz CT molecular complexity index is 476. The Morgan fingerprint density at radius 3 is 2.75 bits per heavy atom. The first-order chi connectivity index (χ1) is 9.72. The molecule has 2 aliphatic rings. The van der Waals surface area contributed by atoms with Gasteiger partial charge in [0.05, 0.1) is 11.1 Å². The van der Waals surface area contributed by atoms with Crippen molar-refractivity contribution in [2.75, 3.05) is 13.7 Å². The highest BCUT2D eigenvalue weighted by molar-refractivity contribution is 9.10. The Morgan fingerprint density at radius 2 is 2.20 bits per heavy atom. The van der Waals surface area contributed by atoms with Crippen LogP contribution >= 0.6 is 15.9 Å². The van der Waals surface area contributed by atoms with Gasteiger partial charge in [-0.3, -0.25) is 0 Å². The van der Waals surface area contributed by atoms with Crippen LogP contribution < -0.4 is 10.1 Å². The third kappa shape index (κ3) is 2.62. The fraction of sp³-hybridized carbons (Fsp3) is 0.647. The first-order valence-corrected chi connectivity index (χ1v) is 8.61. The van der Waals surface area contributed by atoms with Crippen molar-refractivity contribution in [1.82, 2.24) is 5.32 Å². The fourth-order valence-corrected chi connectivity index (χ4v) is 4.82. The molecule has 1 N–H and O–H groups in total. The first kappa shape index (κ1) is 14.4. The van der Waals surface area contributed by atoms with Crippen LogP contribution in [0.25, 0.3) is 0 Å². The van der Waals surface area contributed by atoms with Crippen molar-refractivity contribution in [1.29, 1.82) is 0 Å². The van der Waals surface area contributed by atoms with E-state index in [9.17, 15) is 0 Å². The van der Waals surface area contributed by atoms with Gasteiger partial charge >= 0.3 is 0 Å². The molecule has 0 spiro atoms. The van der Waals surface area contributed by atoms with E-state index in [0.717, 1.165) is 28.0 Å². The van der Waals surface area contributed by atoms with E-state index in [1.54, 1.807) is 0 Å². The average Bonchev–Trinajstić information content (AvgIpc) is 3.05. The van der Waals surface area contributed by atoms with Crippen molar-refractivity contribution >= 4 is 15.9 Å². The van der Waals surface area contributed by atoms with Crippen molar-refractivity contribution < 1.29 is 4.74 Å². The van der Waals surface area contributed by atoms with Crippen LogP contribution in [0.5, 0.6) is 5.75 Å². The number of hydrogen-bond acceptors (Lipinski definition) is 2. The largest absolute Gasteiger partial charge is 0.493 e. The molecular weight excluding hydrogens is 314 g/mol. The average molecular weight is 338 g/mol. The number of benzene rings is 1.